The van der Waals surface area contributed by atoms with Gasteiger partial charge in [0.2, 0.25) is 0 Å². The molecule has 1 heterocycles. The van der Waals surface area contributed by atoms with Gasteiger partial charge < -0.3 is 14.4 Å². The topological polar surface area (TPSA) is 67.9 Å². The number of sulfonamides is 1. The molecule has 28 heavy (non-hydrogen) atoms. The molecular weight excluding hydrogens is 376 g/mol. The fraction of sp³-hybridized carbons (Fsp3) is 0.143. The minimum absolute atomic E-state index is 0.127. The van der Waals surface area contributed by atoms with Gasteiger partial charge >= 0.3 is 0 Å². The Morgan fingerprint density at radius 2 is 1.46 bits per heavy atom. The summed E-state index contributed by atoms with van der Waals surface area (Å²) in [5, 5.41) is 0. The Balaban J connectivity index is 1.52. The van der Waals surface area contributed by atoms with Gasteiger partial charge in [-0.15, -0.1) is 0 Å². The average molecular weight is 396 g/mol. The Kier molecular flexibility index (Phi) is 4.83. The molecule has 0 unspecified atom stereocenters. The van der Waals surface area contributed by atoms with E-state index in [0.717, 1.165) is 11.4 Å². The maximum absolute atomic E-state index is 12.7. The molecule has 0 amide bonds. The molecule has 0 aromatic heterocycles. The number of anilines is 3. The summed E-state index contributed by atoms with van der Waals surface area (Å²) < 4.78 is 38.9. The van der Waals surface area contributed by atoms with E-state index < -0.39 is 10.0 Å². The molecule has 0 bridgehead atoms. The van der Waals surface area contributed by atoms with Gasteiger partial charge in [0, 0.05) is 30.2 Å². The van der Waals surface area contributed by atoms with Crippen LogP contribution in [0, 0.1) is 0 Å². The summed E-state index contributed by atoms with van der Waals surface area (Å²) in [6.07, 6.45) is 0. The molecular formula is C21H20N2O4S. The van der Waals surface area contributed by atoms with Crippen molar-refractivity contribution in [1.29, 1.82) is 0 Å². The lowest BCUT2D eigenvalue weighted by molar-refractivity contribution is 0.171. The van der Waals surface area contributed by atoms with Crippen LogP contribution in [-0.2, 0) is 10.0 Å². The first-order valence-electron chi connectivity index (χ1n) is 8.84. The van der Waals surface area contributed by atoms with Crippen molar-refractivity contribution in [3.8, 4) is 11.5 Å². The highest BCUT2D eigenvalue weighted by Gasteiger charge is 2.19. The third-order valence-electron chi connectivity index (χ3n) is 4.47. The molecule has 0 saturated heterocycles. The molecule has 1 aliphatic rings. The third-order valence-corrected chi connectivity index (χ3v) is 5.85. The van der Waals surface area contributed by atoms with Crippen molar-refractivity contribution >= 4 is 27.1 Å². The van der Waals surface area contributed by atoms with Crippen molar-refractivity contribution in [2.24, 2.45) is 0 Å². The number of fused-ring (bicyclic) bond motifs is 1. The van der Waals surface area contributed by atoms with Crippen LogP contribution >= 0.6 is 0 Å². The van der Waals surface area contributed by atoms with Crippen molar-refractivity contribution in [1.82, 2.24) is 0 Å². The fourth-order valence-electron chi connectivity index (χ4n) is 2.96. The number of benzene rings is 3. The van der Waals surface area contributed by atoms with E-state index in [1.807, 2.05) is 54.4 Å². The molecule has 0 atom stereocenters. The smallest absolute Gasteiger partial charge is 0.262 e. The molecule has 1 aliphatic heterocycles. The van der Waals surface area contributed by atoms with E-state index in [1.165, 1.54) is 12.1 Å². The maximum atomic E-state index is 12.7. The number of para-hydroxylation sites is 1. The Morgan fingerprint density at radius 3 is 2.18 bits per heavy atom. The van der Waals surface area contributed by atoms with Crippen molar-refractivity contribution < 1.29 is 17.9 Å². The number of nitrogens with zero attached hydrogens (tertiary/aromatic N) is 1. The van der Waals surface area contributed by atoms with Crippen molar-refractivity contribution in [3.63, 3.8) is 0 Å². The van der Waals surface area contributed by atoms with E-state index in [4.69, 9.17) is 9.47 Å². The van der Waals surface area contributed by atoms with Gasteiger partial charge in [0.05, 0.1) is 4.90 Å². The standard InChI is InChI=1S/C21H20N2O4S/c1-23(17-5-3-2-4-6-17)18-9-7-16(8-10-18)22-28(24,25)19-11-12-20-21(15-19)27-14-13-26-20/h2-12,15,22H,13-14H2,1H3. The summed E-state index contributed by atoms with van der Waals surface area (Å²) in [7, 11) is -1.77. The lowest BCUT2D eigenvalue weighted by Gasteiger charge is -2.20. The molecule has 144 valence electrons. The lowest BCUT2D eigenvalue weighted by Crippen LogP contribution is -2.17. The van der Waals surface area contributed by atoms with E-state index in [2.05, 4.69) is 4.72 Å². The van der Waals surface area contributed by atoms with Gasteiger partial charge in [-0.05, 0) is 48.5 Å². The summed E-state index contributed by atoms with van der Waals surface area (Å²) in [4.78, 5) is 2.15. The molecule has 0 saturated carbocycles. The zero-order valence-corrected chi connectivity index (χ0v) is 16.1. The highest BCUT2D eigenvalue weighted by atomic mass is 32.2. The molecule has 3 aromatic carbocycles. The minimum Gasteiger partial charge on any atom is -0.486 e. The predicted octanol–water partition coefficient (Wildman–Crippen LogP) is 4.03. The molecule has 7 heteroatoms. The fourth-order valence-corrected chi connectivity index (χ4v) is 4.03. The second-order valence-electron chi connectivity index (χ2n) is 6.35. The maximum Gasteiger partial charge on any atom is 0.262 e. The predicted molar refractivity (Wildman–Crippen MR) is 109 cm³/mol. The monoisotopic (exact) mass is 396 g/mol. The molecule has 0 fully saturated rings. The van der Waals surface area contributed by atoms with Crippen molar-refractivity contribution in [2.45, 2.75) is 4.90 Å². The van der Waals surface area contributed by atoms with E-state index in [0.29, 0.717) is 30.4 Å². The lowest BCUT2D eigenvalue weighted by atomic mass is 10.2. The first-order chi connectivity index (χ1) is 13.5. The van der Waals surface area contributed by atoms with Crippen LogP contribution in [0.1, 0.15) is 0 Å². The van der Waals surface area contributed by atoms with Gasteiger partial charge in [0.15, 0.2) is 11.5 Å². The van der Waals surface area contributed by atoms with Crippen LogP contribution in [0.3, 0.4) is 0 Å². The number of nitrogens with one attached hydrogen (secondary N) is 1. The highest BCUT2D eigenvalue weighted by molar-refractivity contribution is 7.92. The van der Waals surface area contributed by atoms with Crippen LogP contribution in [0.4, 0.5) is 17.1 Å². The zero-order chi connectivity index (χ0) is 19.6. The van der Waals surface area contributed by atoms with Gasteiger partial charge in [0.1, 0.15) is 13.2 Å². The average Bonchev–Trinajstić information content (AvgIpc) is 2.74. The van der Waals surface area contributed by atoms with Gasteiger partial charge in [-0.1, -0.05) is 18.2 Å². The number of hydrogen-bond acceptors (Lipinski definition) is 5. The van der Waals surface area contributed by atoms with Gasteiger partial charge in [-0.25, -0.2) is 8.42 Å². The van der Waals surface area contributed by atoms with Crippen LogP contribution < -0.4 is 19.1 Å². The number of ether oxygens (including phenoxy) is 2. The first-order valence-corrected chi connectivity index (χ1v) is 10.3. The summed E-state index contributed by atoms with van der Waals surface area (Å²) >= 11 is 0. The van der Waals surface area contributed by atoms with Crippen LogP contribution in [0.25, 0.3) is 0 Å². The van der Waals surface area contributed by atoms with E-state index in [9.17, 15) is 8.42 Å². The first kappa shape index (κ1) is 18.2. The Morgan fingerprint density at radius 1 is 0.821 bits per heavy atom. The Bertz CT molecular complexity index is 1070. The van der Waals surface area contributed by atoms with Crippen LogP contribution in [0.15, 0.2) is 77.7 Å². The molecule has 1 N–H and O–H groups in total. The minimum atomic E-state index is -3.73. The van der Waals surface area contributed by atoms with E-state index >= 15 is 0 Å². The second-order valence-corrected chi connectivity index (χ2v) is 8.03. The molecule has 0 aliphatic carbocycles. The van der Waals surface area contributed by atoms with Gasteiger partial charge in [-0.3, -0.25) is 4.72 Å². The number of hydrogen-bond donors (Lipinski definition) is 1. The normalized spacial score (nSPS) is 13.0. The molecule has 0 spiro atoms. The summed E-state index contributed by atoms with van der Waals surface area (Å²) in [5.74, 6) is 0.993. The molecule has 0 radical (unpaired) electrons. The molecule has 3 aromatic rings. The zero-order valence-electron chi connectivity index (χ0n) is 15.3. The quantitative estimate of drug-likeness (QED) is 0.705. The second kappa shape index (κ2) is 7.44. The Labute approximate surface area is 164 Å². The SMILES string of the molecule is CN(c1ccccc1)c1ccc(NS(=O)(=O)c2ccc3c(c2)OCCO3)cc1. The van der Waals surface area contributed by atoms with Gasteiger partial charge in [-0.2, -0.15) is 0 Å². The van der Waals surface area contributed by atoms with Crippen LogP contribution in [0.2, 0.25) is 0 Å². The highest BCUT2D eigenvalue weighted by Crippen LogP contribution is 2.33. The third kappa shape index (κ3) is 3.75. The number of rotatable bonds is 5. The summed E-state index contributed by atoms with van der Waals surface area (Å²) in [6.45, 7) is 0.863. The Hall–Kier alpha value is -3.19. The van der Waals surface area contributed by atoms with Crippen molar-refractivity contribution in [3.05, 3.63) is 72.8 Å². The largest absolute Gasteiger partial charge is 0.486 e. The van der Waals surface area contributed by atoms with Crippen LogP contribution in [0.5, 0.6) is 11.5 Å². The van der Waals surface area contributed by atoms with Crippen LogP contribution in [-0.4, -0.2) is 28.7 Å². The molecule has 4 rings (SSSR count). The molecule has 6 nitrogen and oxygen atoms in total. The van der Waals surface area contributed by atoms with E-state index in [-0.39, 0.29) is 4.90 Å². The van der Waals surface area contributed by atoms with Crippen molar-refractivity contribution in [2.75, 3.05) is 29.9 Å². The van der Waals surface area contributed by atoms with E-state index in [1.54, 1.807) is 18.2 Å². The summed E-state index contributed by atoms with van der Waals surface area (Å²) in [5.41, 5.74) is 2.49. The van der Waals surface area contributed by atoms with Gasteiger partial charge in [0.25, 0.3) is 10.0 Å². The summed E-state index contributed by atoms with van der Waals surface area (Å²) in [6, 6.07) is 21.8.